The third-order valence-electron chi connectivity index (χ3n) is 5.19. The summed E-state index contributed by atoms with van der Waals surface area (Å²) in [5, 5.41) is 11.1. The van der Waals surface area contributed by atoms with E-state index in [0.717, 1.165) is 0 Å². The van der Waals surface area contributed by atoms with Gasteiger partial charge in [0, 0.05) is 26.1 Å². The average Bonchev–Trinajstić information content (AvgIpc) is 3.44. The monoisotopic (exact) mass is 477 g/mol. The van der Waals surface area contributed by atoms with E-state index in [0.29, 0.717) is 47.2 Å². The lowest BCUT2D eigenvalue weighted by Crippen LogP contribution is -2.41. The van der Waals surface area contributed by atoms with Crippen molar-refractivity contribution in [2.45, 2.75) is 10.8 Å². The van der Waals surface area contributed by atoms with E-state index in [1.165, 1.54) is 23.1 Å². The van der Waals surface area contributed by atoms with Crippen LogP contribution in [0.5, 0.6) is 5.75 Å². The Morgan fingerprint density at radius 2 is 2.06 bits per heavy atom. The Balaban J connectivity index is 1.30. The van der Waals surface area contributed by atoms with Crippen molar-refractivity contribution >= 4 is 51.6 Å². The quantitative estimate of drug-likeness (QED) is 0.471. The summed E-state index contributed by atoms with van der Waals surface area (Å²) in [6.07, 6.45) is 0.109. The maximum atomic E-state index is 12.7. The number of hydrogen-bond donors (Lipinski definition) is 1. The van der Waals surface area contributed by atoms with Gasteiger partial charge in [-0.1, -0.05) is 35.2 Å². The fraction of sp³-hybridized carbons (Fsp3) is 0.450. The van der Waals surface area contributed by atoms with E-state index < -0.39 is 5.92 Å². The van der Waals surface area contributed by atoms with E-state index in [2.05, 4.69) is 15.5 Å². The number of anilines is 2. The molecular formula is C20H23N5O5S2. The van der Waals surface area contributed by atoms with Crippen molar-refractivity contribution < 1.29 is 23.9 Å². The van der Waals surface area contributed by atoms with Crippen LogP contribution in [0.25, 0.3) is 0 Å². The first kappa shape index (κ1) is 22.5. The predicted octanol–water partition coefficient (Wildman–Crippen LogP) is 1.49. The summed E-state index contributed by atoms with van der Waals surface area (Å²) in [6.45, 7) is 2.58. The smallest absolute Gasteiger partial charge is 0.233 e. The second-order valence-corrected chi connectivity index (χ2v) is 9.42. The van der Waals surface area contributed by atoms with Gasteiger partial charge in [-0.3, -0.25) is 14.4 Å². The van der Waals surface area contributed by atoms with Crippen LogP contribution in [-0.2, 0) is 19.1 Å². The van der Waals surface area contributed by atoms with Gasteiger partial charge in [0.15, 0.2) is 4.34 Å². The highest BCUT2D eigenvalue weighted by molar-refractivity contribution is 8.01. The van der Waals surface area contributed by atoms with Gasteiger partial charge in [-0.05, 0) is 12.1 Å². The molecule has 1 aromatic heterocycles. The zero-order valence-corrected chi connectivity index (χ0v) is 19.1. The number of methoxy groups -OCH3 is 1. The predicted molar refractivity (Wildman–Crippen MR) is 120 cm³/mol. The molecule has 32 heavy (non-hydrogen) atoms. The largest absolute Gasteiger partial charge is 0.495 e. The molecule has 2 aliphatic rings. The minimum Gasteiger partial charge on any atom is -0.495 e. The molecule has 0 bridgehead atoms. The molecule has 10 nitrogen and oxygen atoms in total. The third-order valence-corrected chi connectivity index (χ3v) is 7.15. The molecule has 0 aliphatic carbocycles. The number of carbonyl (C=O) groups excluding carboxylic acids is 3. The van der Waals surface area contributed by atoms with Gasteiger partial charge in [-0.25, -0.2) is 0 Å². The van der Waals surface area contributed by atoms with E-state index in [4.69, 9.17) is 9.47 Å². The maximum Gasteiger partial charge on any atom is 0.233 e. The Kier molecular flexibility index (Phi) is 7.22. The van der Waals surface area contributed by atoms with Crippen molar-refractivity contribution in [1.29, 1.82) is 0 Å². The Hall–Kier alpha value is -2.70. The number of carbonyl (C=O) groups is 3. The molecule has 2 aromatic rings. The fourth-order valence-electron chi connectivity index (χ4n) is 3.52. The molecule has 0 radical (unpaired) electrons. The number of aromatic nitrogens is 2. The van der Waals surface area contributed by atoms with Gasteiger partial charge in [-0.2, -0.15) is 0 Å². The van der Waals surface area contributed by atoms with Crippen LogP contribution in [0.15, 0.2) is 28.6 Å². The van der Waals surface area contributed by atoms with Crippen LogP contribution in [0.3, 0.4) is 0 Å². The minimum absolute atomic E-state index is 0.0278. The molecule has 3 heterocycles. The van der Waals surface area contributed by atoms with Gasteiger partial charge in [0.2, 0.25) is 22.9 Å². The zero-order chi connectivity index (χ0) is 22.5. The summed E-state index contributed by atoms with van der Waals surface area (Å²) in [5.74, 6) is -0.0552. The topological polar surface area (TPSA) is 114 Å². The Morgan fingerprint density at radius 3 is 2.84 bits per heavy atom. The SMILES string of the molecule is COc1ccccc1N1C[C@H](C(=O)Nc2nnc(SCC(=O)N3CCOCC3)s2)CC1=O. The fourth-order valence-corrected chi connectivity index (χ4v) is 5.18. The minimum atomic E-state index is -0.504. The lowest BCUT2D eigenvalue weighted by atomic mass is 10.1. The van der Waals surface area contributed by atoms with Crippen LogP contribution in [-0.4, -0.2) is 78.5 Å². The first-order valence-corrected chi connectivity index (χ1v) is 11.9. The number of ether oxygens (including phenoxy) is 2. The van der Waals surface area contributed by atoms with Gasteiger partial charge in [0.1, 0.15) is 5.75 Å². The van der Waals surface area contributed by atoms with Crippen molar-refractivity contribution in [2.24, 2.45) is 5.92 Å². The Labute approximate surface area is 193 Å². The molecule has 4 rings (SSSR count). The summed E-state index contributed by atoms with van der Waals surface area (Å²) in [5.41, 5.74) is 0.648. The van der Waals surface area contributed by atoms with Gasteiger partial charge in [0.05, 0.1) is 37.7 Å². The van der Waals surface area contributed by atoms with Crippen molar-refractivity contribution in [3.63, 3.8) is 0 Å². The number of nitrogens with one attached hydrogen (secondary N) is 1. The number of thioether (sulfide) groups is 1. The normalized spacial score (nSPS) is 18.7. The van der Waals surface area contributed by atoms with Crippen molar-refractivity contribution in [1.82, 2.24) is 15.1 Å². The van der Waals surface area contributed by atoms with Crippen LogP contribution in [0, 0.1) is 5.92 Å². The summed E-state index contributed by atoms with van der Waals surface area (Å²) < 4.78 is 11.2. The molecule has 2 fully saturated rings. The van der Waals surface area contributed by atoms with Crippen LogP contribution in [0.2, 0.25) is 0 Å². The van der Waals surface area contributed by atoms with Gasteiger partial charge in [0.25, 0.3) is 0 Å². The number of nitrogens with zero attached hydrogens (tertiary/aromatic N) is 4. The summed E-state index contributed by atoms with van der Waals surface area (Å²) in [6, 6.07) is 7.22. The molecule has 2 saturated heterocycles. The number of benzene rings is 1. The van der Waals surface area contributed by atoms with Crippen molar-refractivity contribution in [3.05, 3.63) is 24.3 Å². The van der Waals surface area contributed by atoms with E-state index >= 15 is 0 Å². The molecule has 2 aliphatic heterocycles. The molecule has 1 N–H and O–H groups in total. The van der Waals surface area contributed by atoms with E-state index in [1.807, 2.05) is 12.1 Å². The van der Waals surface area contributed by atoms with Crippen molar-refractivity contribution in [2.75, 3.05) is 55.9 Å². The summed E-state index contributed by atoms with van der Waals surface area (Å²) >= 11 is 2.50. The third kappa shape index (κ3) is 5.19. The van der Waals surface area contributed by atoms with E-state index in [-0.39, 0.29) is 36.4 Å². The number of morpholine rings is 1. The standard InChI is InChI=1S/C20H23N5O5S2/c1-29-15-5-3-2-4-14(15)25-11-13(10-16(25)26)18(28)21-19-22-23-20(32-19)31-12-17(27)24-6-8-30-9-7-24/h2-5,13H,6-12H2,1H3,(H,21,22,28)/t13-/m1/s1. The van der Waals surface area contributed by atoms with Gasteiger partial charge >= 0.3 is 0 Å². The van der Waals surface area contributed by atoms with Crippen LogP contribution < -0.4 is 15.0 Å². The number of rotatable bonds is 7. The first-order chi connectivity index (χ1) is 15.5. The Morgan fingerprint density at radius 1 is 1.28 bits per heavy atom. The highest BCUT2D eigenvalue weighted by Crippen LogP contribution is 2.33. The highest BCUT2D eigenvalue weighted by Gasteiger charge is 2.36. The lowest BCUT2D eigenvalue weighted by Gasteiger charge is -2.26. The lowest BCUT2D eigenvalue weighted by molar-refractivity contribution is -0.132. The van der Waals surface area contributed by atoms with E-state index in [1.54, 1.807) is 29.0 Å². The van der Waals surface area contributed by atoms with Gasteiger partial charge in [-0.15, -0.1) is 10.2 Å². The zero-order valence-electron chi connectivity index (χ0n) is 17.5. The van der Waals surface area contributed by atoms with Gasteiger partial charge < -0.3 is 24.6 Å². The number of hydrogen-bond acceptors (Lipinski definition) is 9. The number of amides is 3. The molecule has 0 unspecified atom stereocenters. The molecule has 3 amide bonds. The molecule has 1 aromatic carbocycles. The average molecular weight is 478 g/mol. The maximum absolute atomic E-state index is 12.7. The molecule has 170 valence electrons. The second kappa shape index (κ2) is 10.3. The van der Waals surface area contributed by atoms with Crippen molar-refractivity contribution in [3.8, 4) is 5.75 Å². The molecule has 0 saturated carbocycles. The molecule has 0 spiro atoms. The Bertz CT molecular complexity index is 994. The first-order valence-electron chi connectivity index (χ1n) is 10.1. The van der Waals surface area contributed by atoms with E-state index in [9.17, 15) is 14.4 Å². The molecular weight excluding hydrogens is 454 g/mol. The highest BCUT2D eigenvalue weighted by atomic mass is 32.2. The van der Waals surface area contributed by atoms with Crippen LogP contribution in [0.4, 0.5) is 10.8 Å². The number of para-hydroxylation sites is 2. The van der Waals surface area contributed by atoms with Crippen LogP contribution in [0.1, 0.15) is 6.42 Å². The summed E-state index contributed by atoms with van der Waals surface area (Å²) in [4.78, 5) is 40.8. The van der Waals surface area contributed by atoms with Crippen LogP contribution >= 0.6 is 23.1 Å². The second-order valence-electron chi connectivity index (χ2n) is 7.22. The molecule has 1 atom stereocenters. The summed E-state index contributed by atoms with van der Waals surface area (Å²) in [7, 11) is 1.54. The molecule has 12 heteroatoms.